The van der Waals surface area contributed by atoms with Gasteiger partial charge in [-0.15, -0.1) is 16.6 Å². The van der Waals surface area contributed by atoms with Crippen molar-refractivity contribution in [3.05, 3.63) is 24.3 Å². The topological polar surface area (TPSA) is 105 Å². The molecule has 1 saturated heterocycles. The lowest BCUT2D eigenvalue weighted by Crippen LogP contribution is -2.46. The SMILES string of the molecule is CCOc1ccc(S(=O)(=O)NNC(=O)CN2CSCC2=O)cc1. The van der Waals surface area contributed by atoms with Crippen molar-refractivity contribution in [1.82, 2.24) is 15.2 Å². The van der Waals surface area contributed by atoms with Crippen LogP contribution in [0.5, 0.6) is 5.75 Å². The van der Waals surface area contributed by atoms with Gasteiger partial charge < -0.3 is 9.64 Å². The largest absolute Gasteiger partial charge is 0.494 e. The van der Waals surface area contributed by atoms with Crippen LogP contribution in [0.2, 0.25) is 0 Å². The summed E-state index contributed by atoms with van der Waals surface area (Å²) in [5.41, 5.74) is 2.10. The van der Waals surface area contributed by atoms with Crippen LogP contribution >= 0.6 is 11.8 Å². The second-order valence-corrected chi connectivity index (χ2v) is 7.26. The highest BCUT2D eigenvalue weighted by Gasteiger charge is 2.23. The zero-order valence-corrected chi connectivity index (χ0v) is 14.1. The van der Waals surface area contributed by atoms with E-state index in [2.05, 4.69) is 5.43 Å². The number of ether oxygens (including phenoxy) is 1. The number of thioether (sulfide) groups is 1. The van der Waals surface area contributed by atoms with Crippen LogP contribution < -0.4 is 15.0 Å². The van der Waals surface area contributed by atoms with Gasteiger partial charge in [-0.3, -0.25) is 15.0 Å². The van der Waals surface area contributed by atoms with E-state index in [0.717, 1.165) is 0 Å². The molecule has 23 heavy (non-hydrogen) atoms. The molecule has 0 spiro atoms. The van der Waals surface area contributed by atoms with Crippen LogP contribution in [0.25, 0.3) is 0 Å². The number of benzene rings is 1. The molecule has 0 atom stereocenters. The molecule has 126 valence electrons. The summed E-state index contributed by atoms with van der Waals surface area (Å²) in [4.78, 5) is 26.4. The van der Waals surface area contributed by atoms with E-state index < -0.39 is 15.9 Å². The minimum absolute atomic E-state index is 0.00550. The molecule has 0 saturated carbocycles. The number of nitrogens with zero attached hydrogens (tertiary/aromatic N) is 1. The van der Waals surface area contributed by atoms with Crippen molar-refractivity contribution in [3.63, 3.8) is 0 Å². The van der Waals surface area contributed by atoms with Crippen molar-refractivity contribution in [3.8, 4) is 5.75 Å². The maximum absolute atomic E-state index is 12.1. The number of hydrazine groups is 1. The molecule has 1 aromatic rings. The highest BCUT2D eigenvalue weighted by atomic mass is 32.2. The molecule has 2 rings (SSSR count). The summed E-state index contributed by atoms with van der Waals surface area (Å²) in [6.45, 7) is 2.12. The van der Waals surface area contributed by atoms with Gasteiger partial charge in [0.25, 0.3) is 15.9 Å². The Morgan fingerprint density at radius 1 is 1.35 bits per heavy atom. The van der Waals surface area contributed by atoms with Gasteiger partial charge in [-0.1, -0.05) is 0 Å². The molecule has 1 fully saturated rings. The highest BCUT2D eigenvalue weighted by molar-refractivity contribution is 8.00. The maximum Gasteiger partial charge on any atom is 0.257 e. The Bertz CT molecular complexity index is 675. The quantitative estimate of drug-likeness (QED) is 0.660. The van der Waals surface area contributed by atoms with E-state index in [0.29, 0.717) is 24.0 Å². The summed E-state index contributed by atoms with van der Waals surface area (Å²) in [5.74, 6) is 0.582. The van der Waals surface area contributed by atoms with Crippen LogP contribution in [0.3, 0.4) is 0 Å². The van der Waals surface area contributed by atoms with Gasteiger partial charge in [-0.05, 0) is 31.2 Å². The van der Waals surface area contributed by atoms with E-state index in [1.165, 1.54) is 40.9 Å². The Morgan fingerprint density at radius 2 is 2.04 bits per heavy atom. The normalized spacial score (nSPS) is 14.8. The Kier molecular flexibility index (Phi) is 5.85. The Labute approximate surface area is 138 Å². The van der Waals surface area contributed by atoms with Crippen molar-refractivity contribution >= 4 is 33.6 Å². The van der Waals surface area contributed by atoms with Crippen molar-refractivity contribution in [2.24, 2.45) is 0 Å². The number of sulfonamides is 1. The summed E-state index contributed by atoms with van der Waals surface area (Å²) in [6.07, 6.45) is 0. The van der Waals surface area contributed by atoms with Crippen LogP contribution in [0, 0.1) is 0 Å². The van der Waals surface area contributed by atoms with E-state index >= 15 is 0 Å². The molecule has 0 aliphatic carbocycles. The molecule has 0 unspecified atom stereocenters. The summed E-state index contributed by atoms with van der Waals surface area (Å²) < 4.78 is 29.3. The standard InChI is InChI=1S/C13H17N3O5S2/c1-2-21-10-3-5-11(6-4-10)23(19,20)15-14-12(17)7-16-9-22-8-13(16)18/h3-6,15H,2,7-9H2,1H3,(H,14,17). The van der Waals surface area contributed by atoms with Crippen molar-refractivity contribution < 1.29 is 22.7 Å². The summed E-state index contributed by atoms with van der Waals surface area (Å²) in [5, 5.41) is 0. The Hall–Kier alpha value is -1.78. The first-order valence-corrected chi connectivity index (χ1v) is 9.45. The smallest absolute Gasteiger partial charge is 0.257 e. The fraction of sp³-hybridized carbons (Fsp3) is 0.385. The molecule has 0 aromatic heterocycles. The van der Waals surface area contributed by atoms with Crippen LogP contribution in [-0.4, -0.2) is 49.9 Å². The molecular weight excluding hydrogens is 342 g/mol. The van der Waals surface area contributed by atoms with Gasteiger partial charge in [0.1, 0.15) is 12.3 Å². The molecular formula is C13H17N3O5S2. The van der Waals surface area contributed by atoms with Gasteiger partial charge in [0, 0.05) is 0 Å². The Balaban J connectivity index is 1.90. The van der Waals surface area contributed by atoms with E-state index in [-0.39, 0.29) is 17.3 Å². The third-order valence-electron chi connectivity index (χ3n) is 2.93. The van der Waals surface area contributed by atoms with Crippen LogP contribution in [-0.2, 0) is 19.6 Å². The summed E-state index contributed by atoms with van der Waals surface area (Å²) in [7, 11) is -3.88. The fourth-order valence-electron chi connectivity index (χ4n) is 1.82. The van der Waals surface area contributed by atoms with Crippen LogP contribution in [0.15, 0.2) is 29.2 Å². The van der Waals surface area contributed by atoms with Crippen LogP contribution in [0.1, 0.15) is 6.92 Å². The van der Waals surface area contributed by atoms with Gasteiger partial charge in [-0.2, -0.15) is 0 Å². The number of hydrogen-bond donors (Lipinski definition) is 2. The minimum atomic E-state index is -3.88. The molecule has 1 heterocycles. The zero-order chi connectivity index (χ0) is 16.9. The van der Waals surface area contributed by atoms with E-state index in [1.54, 1.807) is 0 Å². The zero-order valence-electron chi connectivity index (χ0n) is 12.4. The molecule has 1 aliphatic rings. The van der Waals surface area contributed by atoms with Gasteiger partial charge >= 0.3 is 0 Å². The monoisotopic (exact) mass is 359 g/mol. The highest BCUT2D eigenvalue weighted by Crippen LogP contribution is 2.16. The number of nitrogens with one attached hydrogen (secondary N) is 2. The first-order valence-electron chi connectivity index (χ1n) is 6.81. The van der Waals surface area contributed by atoms with Gasteiger partial charge in [0.2, 0.25) is 5.91 Å². The van der Waals surface area contributed by atoms with Crippen molar-refractivity contribution in [2.45, 2.75) is 11.8 Å². The number of amides is 2. The molecule has 2 amide bonds. The van der Waals surface area contributed by atoms with E-state index in [9.17, 15) is 18.0 Å². The van der Waals surface area contributed by atoms with Crippen LogP contribution in [0.4, 0.5) is 0 Å². The molecule has 1 aliphatic heterocycles. The average Bonchev–Trinajstić information content (AvgIpc) is 2.91. The number of rotatable bonds is 7. The summed E-state index contributed by atoms with van der Waals surface area (Å²) in [6, 6.07) is 5.81. The first kappa shape index (κ1) is 17.6. The second-order valence-electron chi connectivity index (χ2n) is 4.63. The number of carbonyl (C=O) groups excluding carboxylic acids is 2. The average molecular weight is 359 g/mol. The molecule has 2 N–H and O–H groups in total. The Morgan fingerprint density at radius 3 is 2.61 bits per heavy atom. The molecule has 0 radical (unpaired) electrons. The lowest BCUT2D eigenvalue weighted by molar-refractivity contribution is -0.132. The van der Waals surface area contributed by atoms with Crippen molar-refractivity contribution in [1.29, 1.82) is 0 Å². The lowest BCUT2D eigenvalue weighted by Gasteiger charge is -2.14. The second kappa shape index (κ2) is 7.66. The van der Waals surface area contributed by atoms with Gasteiger partial charge in [0.05, 0.1) is 23.1 Å². The first-order chi connectivity index (χ1) is 10.9. The fourth-order valence-corrected chi connectivity index (χ4v) is 3.58. The predicted molar refractivity (Wildman–Crippen MR) is 85.1 cm³/mol. The predicted octanol–water partition coefficient (Wildman–Crippen LogP) is -0.0723. The van der Waals surface area contributed by atoms with Gasteiger partial charge in [-0.25, -0.2) is 8.42 Å². The summed E-state index contributed by atoms with van der Waals surface area (Å²) >= 11 is 1.40. The number of carbonyl (C=O) groups is 2. The minimum Gasteiger partial charge on any atom is -0.494 e. The molecule has 1 aromatic carbocycles. The third-order valence-corrected chi connectivity index (χ3v) is 5.14. The van der Waals surface area contributed by atoms with Gasteiger partial charge in [0.15, 0.2) is 0 Å². The third kappa shape index (κ3) is 4.85. The lowest BCUT2D eigenvalue weighted by atomic mass is 10.3. The maximum atomic E-state index is 12.1. The molecule has 0 bridgehead atoms. The molecule has 8 nitrogen and oxygen atoms in total. The molecule has 10 heteroatoms. The van der Waals surface area contributed by atoms with E-state index in [1.807, 2.05) is 11.8 Å². The number of hydrogen-bond acceptors (Lipinski definition) is 6. The van der Waals surface area contributed by atoms with E-state index in [4.69, 9.17) is 4.74 Å². The van der Waals surface area contributed by atoms with Crippen molar-refractivity contribution in [2.75, 3.05) is 24.8 Å².